The number of nitrogens with one attached hydrogen (secondary N) is 1. The van der Waals surface area contributed by atoms with E-state index in [4.69, 9.17) is 5.73 Å². The molecule has 1 aromatic rings. The first-order valence-corrected chi connectivity index (χ1v) is 8.99. The second kappa shape index (κ2) is 12.4. The minimum atomic E-state index is 0. The lowest BCUT2D eigenvalue weighted by molar-refractivity contribution is -0.120. The standard InChI is InChI=1S/C19H31N3O.2ClH/c1-3-16(4-2)18(22-11-5-6-12-22)14-21-19(23)13-15-7-9-17(20)10-8-15;;/h7-10,16,18H,3-6,11-14,20H2,1-2H3,(H,21,23);2*1H. The number of amides is 1. The van der Waals surface area contributed by atoms with Gasteiger partial charge in [-0.3, -0.25) is 9.69 Å². The molecule has 1 atom stereocenters. The zero-order valence-corrected chi connectivity index (χ0v) is 17.0. The Morgan fingerprint density at radius 2 is 1.68 bits per heavy atom. The molecule has 3 N–H and O–H groups in total. The predicted molar refractivity (Wildman–Crippen MR) is 111 cm³/mol. The number of hydrogen-bond acceptors (Lipinski definition) is 3. The Morgan fingerprint density at radius 1 is 1.12 bits per heavy atom. The van der Waals surface area contributed by atoms with Gasteiger partial charge >= 0.3 is 0 Å². The summed E-state index contributed by atoms with van der Waals surface area (Å²) in [5.41, 5.74) is 7.43. The number of nitrogens with two attached hydrogens (primary N) is 1. The van der Waals surface area contributed by atoms with Crippen molar-refractivity contribution >= 4 is 36.4 Å². The number of hydrogen-bond donors (Lipinski definition) is 2. The number of rotatable bonds is 8. The van der Waals surface area contributed by atoms with Crippen LogP contribution in [0.5, 0.6) is 0 Å². The Balaban J connectivity index is 0.00000288. The highest BCUT2D eigenvalue weighted by atomic mass is 35.5. The third kappa shape index (κ3) is 7.43. The molecule has 6 heteroatoms. The normalized spacial score (nSPS) is 15.3. The molecule has 1 fully saturated rings. The second-order valence-electron chi connectivity index (χ2n) is 6.61. The molecule has 1 aliphatic rings. The van der Waals surface area contributed by atoms with Gasteiger partial charge in [-0.05, 0) is 49.5 Å². The van der Waals surface area contributed by atoms with Gasteiger partial charge in [0.05, 0.1) is 6.42 Å². The van der Waals surface area contributed by atoms with Crippen LogP contribution in [0.25, 0.3) is 0 Å². The molecule has 0 saturated carbocycles. The van der Waals surface area contributed by atoms with Crippen LogP contribution in [0.15, 0.2) is 24.3 Å². The van der Waals surface area contributed by atoms with Crippen molar-refractivity contribution in [2.24, 2.45) is 5.92 Å². The van der Waals surface area contributed by atoms with E-state index in [9.17, 15) is 4.79 Å². The minimum absolute atomic E-state index is 0. The van der Waals surface area contributed by atoms with Crippen molar-refractivity contribution in [3.8, 4) is 0 Å². The van der Waals surface area contributed by atoms with Gasteiger partial charge in [0.1, 0.15) is 0 Å². The number of carbonyl (C=O) groups is 1. The van der Waals surface area contributed by atoms with E-state index in [1.165, 1.54) is 38.8 Å². The Bertz CT molecular complexity index is 484. The molecule has 0 spiro atoms. The molecular weight excluding hydrogens is 357 g/mol. The molecule has 1 aromatic carbocycles. The fraction of sp³-hybridized carbons (Fsp3) is 0.632. The summed E-state index contributed by atoms with van der Waals surface area (Å²) in [5.74, 6) is 0.759. The molecule has 0 aromatic heterocycles. The molecule has 144 valence electrons. The average molecular weight is 390 g/mol. The second-order valence-corrected chi connectivity index (χ2v) is 6.61. The van der Waals surface area contributed by atoms with Crippen LogP contribution in [-0.4, -0.2) is 36.5 Å². The first kappa shape index (κ1) is 24.0. The Kier molecular flexibility index (Phi) is 11.9. The van der Waals surface area contributed by atoms with Crippen molar-refractivity contribution in [3.63, 3.8) is 0 Å². The third-order valence-corrected chi connectivity index (χ3v) is 5.06. The van der Waals surface area contributed by atoms with E-state index in [0.29, 0.717) is 18.4 Å². The number of likely N-dealkylation sites (tertiary alicyclic amines) is 1. The maximum Gasteiger partial charge on any atom is 0.224 e. The summed E-state index contributed by atoms with van der Waals surface area (Å²) in [6.45, 7) is 7.63. The van der Waals surface area contributed by atoms with E-state index in [2.05, 4.69) is 24.1 Å². The smallest absolute Gasteiger partial charge is 0.224 e. The monoisotopic (exact) mass is 389 g/mol. The summed E-state index contributed by atoms with van der Waals surface area (Å²) >= 11 is 0. The summed E-state index contributed by atoms with van der Waals surface area (Å²) in [6.07, 6.45) is 5.35. The molecular formula is C19H33Cl2N3O. The first-order valence-electron chi connectivity index (χ1n) is 8.99. The van der Waals surface area contributed by atoms with Crippen molar-refractivity contribution in [1.82, 2.24) is 10.2 Å². The van der Waals surface area contributed by atoms with Crippen molar-refractivity contribution in [1.29, 1.82) is 0 Å². The number of nitrogen functional groups attached to an aromatic ring is 1. The van der Waals surface area contributed by atoms with Gasteiger partial charge in [-0.2, -0.15) is 0 Å². The third-order valence-electron chi connectivity index (χ3n) is 5.06. The first-order chi connectivity index (χ1) is 11.1. The minimum Gasteiger partial charge on any atom is -0.399 e. The molecule has 1 aliphatic heterocycles. The van der Waals surface area contributed by atoms with Gasteiger partial charge in [-0.15, -0.1) is 24.8 Å². The lowest BCUT2D eigenvalue weighted by atomic mass is 9.93. The highest BCUT2D eigenvalue weighted by Crippen LogP contribution is 2.22. The fourth-order valence-corrected chi connectivity index (χ4v) is 3.60. The van der Waals surface area contributed by atoms with Crippen LogP contribution in [0.1, 0.15) is 45.1 Å². The zero-order chi connectivity index (χ0) is 16.7. The van der Waals surface area contributed by atoms with E-state index in [1.54, 1.807) is 0 Å². The largest absolute Gasteiger partial charge is 0.399 e. The van der Waals surface area contributed by atoms with Gasteiger partial charge in [0.25, 0.3) is 0 Å². The maximum absolute atomic E-state index is 12.3. The van der Waals surface area contributed by atoms with E-state index < -0.39 is 0 Å². The number of benzene rings is 1. The highest BCUT2D eigenvalue weighted by Gasteiger charge is 2.27. The van der Waals surface area contributed by atoms with E-state index in [1.807, 2.05) is 24.3 Å². The van der Waals surface area contributed by atoms with Crippen molar-refractivity contribution in [2.45, 2.75) is 52.0 Å². The van der Waals surface area contributed by atoms with Gasteiger partial charge in [0, 0.05) is 18.3 Å². The SMILES string of the molecule is CCC(CC)C(CNC(=O)Cc1ccc(N)cc1)N1CCCC1.Cl.Cl. The number of halogens is 2. The quantitative estimate of drug-likeness (QED) is 0.666. The predicted octanol–water partition coefficient (Wildman–Crippen LogP) is 3.67. The van der Waals surface area contributed by atoms with Gasteiger partial charge < -0.3 is 11.1 Å². The topological polar surface area (TPSA) is 58.4 Å². The Labute approximate surface area is 164 Å². The van der Waals surface area contributed by atoms with Gasteiger partial charge in [0.15, 0.2) is 0 Å². The molecule has 0 bridgehead atoms. The fourth-order valence-electron chi connectivity index (χ4n) is 3.60. The van der Waals surface area contributed by atoms with Crippen LogP contribution in [0.2, 0.25) is 0 Å². The molecule has 0 aliphatic carbocycles. The molecule has 4 nitrogen and oxygen atoms in total. The molecule has 1 unspecified atom stereocenters. The van der Waals surface area contributed by atoms with Crippen LogP contribution in [0, 0.1) is 5.92 Å². The van der Waals surface area contributed by atoms with Gasteiger partial charge in [-0.25, -0.2) is 0 Å². The van der Waals surface area contributed by atoms with Crippen molar-refractivity contribution in [3.05, 3.63) is 29.8 Å². The van der Waals surface area contributed by atoms with Crippen molar-refractivity contribution < 1.29 is 4.79 Å². The van der Waals surface area contributed by atoms with E-state index in [0.717, 1.165) is 17.8 Å². The number of nitrogens with zero attached hydrogens (tertiary/aromatic N) is 1. The van der Waals surface area contributed by atoms with Crippen LogP contribution in [-0.2, 0) is 11.2 Å². The number of carbonyl (C=O) groups excluding carboxylic acids is 1. The van der Waals surface area contributed by atoms with Gasteiger partial charge in [-0.1, -0.05) is 38.8 Å². The maximum atomic E-state index is 12.3. The van der Waals surface area contributed by atoms with E-state index >= 15 is 0 Å². The molecule has 2 rings (SSSR count). The van der Waals surface area contributed by atoms with Crippen LogP contribution < -0.4 is 11.1 Å². The summed E-state index contributed by atoms with van der Waals surface area (Å²) in [6, 6.07) is 8.02. The Hall–Kier alpha value is -0.970. The lowest BCUT2D eigenvalue weighted by Gasteiger charge is -2.34. The van der Waals surface area contributed by atoms with E-state index in [-0.39, 0.29) is 30.7 Å². The molecule has 25 heavy (non-hydrogen) atoms. The van der Waals surface area contributed by atoms with Crippen LogP contribution in [0.4, 0.5) is 5.69 Å². The summed E-state index contributed by atoms with van der Waals surface area (Å²) in [5, 5.41) is 3.16. The molecule has 1 amide bonds. The molecule has 1 heterocycles. The van der Waals surface area contributed by atoms with Crippen molar-refractivity contribution in [2.75, 3.05) is 25.4 Å². The summed E-state index contributed by atoms with van der Waals surface area (Å²) in [4.78, 5) is 14.8. The lowest BCUT2D eigenvalue weighted by Crippen LogP contribution is -2.47. The summed E-state index contributed by atoms with van der Waals surface area (Å²) < 4.78 is 0. The van der Waals surface area contributed by atoms with Crippen LogP contribution in [0.3, 0.4) is 0 Å². The molecule has 1 saturated heterocycles. The molecule has 0 radical (unpaired) electrons. The van der Waals surface area contributed by atoms with Gasteiger partial charge in [0.2, 0.25) is 5.91 Å². The highest BCUT2D eigenvalue weighted by molar-refractivity contribution is 5.85. The summed E-state index contributed by atoms with van der Waals surface area (Å²) in [7, 11) is 0. The Morgan fingerprint density at radius 3 is 2.20 bits per heavy atom. The average Bonchev–Trinajstić information content (AvgIpc) is 3.08. The van der Waals surface area contributed by atoms with Crippen LogP contribution >= 0.6 is 24.8 Å². The number of anilines is 1. The zero-order valence-electron chi connectivity index (χ0n) is 15.4.